The van der Waals surface area contributed by atoms with Crippen LogP contribution < -0.4 is 11.1 Å². The Labute approximate surface area is 282 Å². The lowest BCUT2D eigenvalue weighted by Gasteiger charge is -2.45. The van der Waals surface area contributed by atoms with Gasteiger partial charge in [-0.05, 0) is 102 Å². The van der Waals surface area contributed by atoms with Crippen molar-refractivity contribution >= 4 is 12.0 Å². The third-order valence-electron chi connectivity index (χ3n) is 10.1. The summed E-state index contributed by atoms with van der Waals surface area (Å²) >= 11 is 0. The summed E-state index contributed by atoms with van der Waals surface area (Å²) in [5.74, 6) is 0.325. The first-order chi connectivity index (χ1) is 22.7. The molecule has 258 valence electrons. The average molecular weight is 647 g/mol. The van der Waals surface area contributed by atoms with Crippen LogP contribution in [0.25, 0.3) is 0 Å². The molecule has 47 heavy (non-hydrogen) atoms. The number of aromatic nitrogens is 1. The molecule has 1 saturated carbocycles. The number of hydrogen-bond donors (Lipinski definition) is 2. The van der Waals surface area contributed by atoms with Gasteiger partial charge in [-0.2, -0.15) is 0 Å². The quantitative estimate of drug-likeness (QED) is 0.263. The number of ether oxygens (including phenoxy) is 1. The van der Waals surface area contributed by atoms with Crippen molar-refractivity contribution in [3.05, 3.63) is 65.5 Å². The lowest BCUT2D eigenvalue weighted by atomic mass is 9.90. The second kappa shape index (κ2) is 16.9. The maximum atomic E-state index is 13.6. The molecule has 0 spiro atoms. The van der Waals surface area contributed by atoms with Crippen molar-refractivity contribution < 1.29 is 14.3 Å². The van der Waals surface area contributed by atoms with Crippen molar-refractivity contribution in [3.63, 3.8) is 0 Å². The standard InChI is InChI=1S/C38H58N6O3/c1-38(2,3)47-37(46)44-26-25-42(24-20-33(29-13-5-4-6-14-29)41-36(45)31-15-7-8-16-31)27-32(44)28-43(23-10-9-21-39)34-19-11-17-30-18-12-22-40-35(30)34/h4-6,12-14,18,22,31-34H,7-11,15-17,19-21,23-28,39H2,1-3H3,(H,41,45)/t32-,33+,34+/m1/s1. The molecule has 3 atom stereocenters. The molecule has 1 aliphatic heterocycles. The number of fused-ring (bicyclic) bond motifs is 1. The van der Waals surface area contributed by atoms with E-state index in [0.717, 1.165) is 102 Å². The molecule has 2 aliphatic carbocycles. The Balaban J connectivity index is 1.33. The van der Waals surface area contributed by atoms with Gasteiger partial charge < -0.3 is 20.7 Å². The molecule has 1 aromatic heterocycles. The topological polar surface area (TPSA) is 104 Å². The highest BCUT2D eigenvalue weighted by molar-refractivity contribution is 5.79. The minimum atomic E-state index is -0.563. The van der Waals surface area contributed by atoms with E-state index >= 15 is 0 Å². The molecule has 2 amide bonds. The smallest absolute Gasteiger partial charge is 0.410 e. The lowest BCUT2D eigenvalue weighted by molar-refractivity contribution is -0.125. The summed E-state index contributed by atoms with van der Waals surface area (Å²) in [6.07, 6.45) is 12.0. The number of amides is 2. The Morgan fingerprint density at radius 3 is 2.57 bits per heavy atom. The van der Waals surface area contributed by atoms with E-state index in [0.29, 0.717) is 13.1 Å². The summed E-state index contributed by atoms with van der Waals surface area (Å²) in [5, 5.41) is 3.42. The number of carbonyl (C=O) groups is 2. The van der Waals surface area contributed by atoms with Crippen LogP contribution in [0.15, 0.2) is 48.7 Å². The fourth-order valence-corrected chi connectivity index (χ4v) is 7.68. The Bertz CT molecular complexity index is 1280. The van der Waals surface area contributed by atoms with Crippen molar-refractivity contribution in [3.8, 4) is 0 Å². The number of piperazine rings is 1. The summed E-state index contributed by atoms with van der Waals surface area (Å²) in [5.41, 5.74) is 9.04. The van der Waals surface area contributed by atoms with Gasteiger partial charge in [0, 0.05) is 44.8 Å². The zero-order chi connectivity index (χ0) is 33.2. The fraction of sp³-hybridized carbons (Fsp3) is 0.658. The molecule has 3 N–H and O–H groups in total. The van der Waals surface area contributed by atoms with Crippen LogP contribution in [0.4, 0.5) is 4.79 Å². The van der Waals surface area contributed by atoms with Crippen LogP contribution in [0.2, 0.25) is 0 Å². The first-order valence-electron chi connectivity index (χ1n) is 18.2. The number of unbranched alkanes of at least 4 members (excludes halogenated alkanes) is 1. The van der Waals surface area contributed by atoms with Crippen molar-refractivity contribution in [2.24, 2.45) is 11.7 Å². The van der Waals surface area contributed by atoms with Crippen LogP contribution >= 0.6 is 0 Å². The number of nitrogens with one attached hydrogen (secondary N) is 1. The summed E-state index contributed by atoms with van der Waals surface area (Å²) < 4.78 is 5.95. The van der Waals surface area contributed by atoms with Crippen LogP contribution in [0.3, 0.4) is 0 Å². The third kappa shape index (κ3) is 10.00. The van der Waals surface area contributed by atoms with Gasteiger partial charge in [-0.25, -0.2) is 4.79 Å². The highest BCUT2D eigenvalue weighted by Crippen LogP contribution is 2.34. The zero-order valence-corrected chi connectivity index (χ0v) is 29.0. The number of nitrogens with zero attached hydrogens (tertiary/aromatic N) is 4. The van der Waals surface area contributed by atoms with E-state index in [1.54, 1.807) is 0 Å². The molecular formula is C38H58N6O3. The molecular weight excluding hydrogens is 588 g/mol. The molecule has 3 aliphatic rings. The van der Waals surface area contributed by atoms with Crippen molar-refractivity contribution in [2.45, 2.75) is 109 Å². The van der Waals surface area contributed by atoms with E-state index < -0.39 is 5.60 Å². The number of benzene rings is 1. The van der Waals surface area contributed by atoms with Gasteiger partial charge >= 0.3 is 6.09 Å². The predicted molar refractivity (Wildman–Crippen MR) is 187 cm³/mol. The Kier molecular flexibility index (Phi) is 12.7. The molecule has 0 radical (unpaired) electrons. The second-order valence-electron chi connectivity index (χ2n) is 14.8. The van der Waals surface area contributed by atoms with E-state index in [1.165, 1.54) is 11.3 Å². The molecule has 9 heteroatoms. The number of hydrogen-bond acceptors (Lipinski definition) is 7. The molecule has 1 saturated heterocycles. The summed E-state index contributed by atoms with van der Waals surface area (Å²) in [4.78, 5) is 38.8. The van der Waals surface area contributed by atoms with E-state index in [4.69, 9.17) is 15.5 Å². The number of rotatable bonds is 13. The van der Waals surface area contributed by atoms with Crippen molar-refractivity contribution in [1.82, 2.24) is 25.0 Å². The van der Waals surface area contributed by atoms with E-state index in [-0.39, 0.29) is 36.0 Å². The first kappa shape index (κ1) is 35.3. The fourth-order valence-electron chi connectivity index (χ4n) is 7.68. The van der Waals surface area contributed by atoms with Gasteiger partial charge in [0.25, 0.3) is 0 Å². The molecule has 0 unspecified atom stereocenters. The zero-order valence-electron chi connectivity index (χ0n) is 29.0. The molecule has 5 rings (SSSR count). The lowest BCUT2D eigenvalue weighted by Crippen LogP contribution is -2.60. The minimum absolute atomic E-state index is 0.0335. The van der Waals surface area contributed by atoms with Crippen LogP contribution in [0.5, 0.6) is 0 Å². The van der Waals surface area contributed by atoms with E-state index in [9.17, 15) is 9.59 Å². The summed E-state index contributed by atoms with van der Waals surface area (Å²) in [6, 6.07) is 14.8. The van der Waals surface area contributed by atoms with Gasteiger partial charge in [0.15, 0.2) is 0 Å². The van der Waals surface area contributed by atoms with E-state index in [2.05, 4.69) is 45.4 Å². The van der Waals surface area contributed by atoms with E-state index in [1.807, 2.05) is 44.0 Å². The minimum Gasteiger partial charge on any atom is -0.444 e. The Hall–Kier alpha value is -3.01. The van der Waals surface area contributed by atoms with Gasteiger partial charge in [-0.3, -0.25) is 19.6 Å². The molecule has 2 fully saturated rings. The number of nitrogens with two attached hydrogens (primary N) is 1. The van der Waals surface area contributed by atoms with Gasteiger partial charge in [0.1, 0.15) is 5.60 Å². The maximum absolute atomic E-state index is 13.6. The normalized spacial score (nSPS) is 21.4. The van der Waals surface area contributed by atoms with Crippen LogP contribution in [-0.4, -0.2) is 89.1 Å². The molecule has 9 nitrogen and oxygen atoms in total. The second-order valence-corrected chi connectivity index (χ2v) is 14.8. The van der Waals surface area contributed by atoms with Gasteiger partial charge in [-0.1, -0.05) is 49.2 Å². The average Bonchev–Trinajstić information content (AvgIpc) is 3.61. The van der Waals surface area contributed by atoms with Crippen molar-refractivity contribution in [1.29, 1.82) is 0 Å². The van der Waals surface area contributed by atoms with Crippen LogP contribution in [0, 0.1) is 5.92 Å². The monoisotopic (exact) mass is 646 g/mol. The number of pyridine rings is 1. The number of carbonyl (C=O) groups excluding carboxylic acids is 2. The Morgan fingerprint density at radius 2 is 1.83 bits per heavy atom. The van der Waals surface area contributed by atoms with Crippen molar-refractivity contribution in [2.75, 3.05) is 45.8 Å². The summed E-state index contributed by atoms with van der Waals surface area (Å²) in [7, 11) is 0. The maximum Gasteiger partial charge on any atom is 0.410 e. The summed E-state index contributed by atoms with van der Waals surface area (Å²) in [6.45, 7) is 11.1. The van der Waals surface area contributed by atoms with Crippen LogP contribution in [0.1, 0.15) is 107 Å². The van der Waals surface area contributed by atoms with Gasteiger partial charge in [-0.15, -0.1) is 0 Å². The van der Waals surface area contributed by atoms with Gasteiger partial charge in [0.05, 0.1) is 23.8 Å². The number of aryl methyl sites for hydroxylation is 1. The predicted octanol–water partition coefficient (Wildman–Crippen LogP) is 5.86. The molecule has 2 heterocycles. The highest BCUT2D eigenvalue weighted by Gasteiger charge is 2.37. The van der Waals surface area contributed by atoms with Crippen LogP contribution in [-0.2, 0) is 16.0 Å². The highest BCUT2D eigenvalue weighted by atomic mass is 16.6. The largest absolute Gasteiger partial charge is 0.444 e. The molecule has 1 aromatic carbocycles. The molecule has 2 aromatic rings. The molecule has 0 bridgehead atoms. The first-order valence-corrected chi connectivity index (χ1v) is 18.2. The Morgan fingerprint density at radius 1 is 1.04 bits per heavy atom. The SMILES string of the molecule is CC(C)(C)OC(=O)N1CCN(CC[C@H](NC(=O)C2CCCC2)c2ccccc2)C[C@@H]1CN(CCCCN)[C@H]1CCCc2cccnc21. The third-order valence-corrected chi connectivity index (χ3v) is 10.1. The van der Waals surface area contributed by atoms with Gasteiger partial charge in [0.2, 0.25) is 5.91 Å².